The van der Waals surface area contributed by atoms with Gasteiger partial charge in [-0.15, -0.1) is 5.10 Å². The van der Waals surface area contributed by atoms with Gasteiger partial charge in [0.1, 0.15) is 17.0 Å². The van der Waals surface area contributed by atoms with Gasteiger partial charge < -0.3 is 9.84 Å². The summed E-state index contributed by atoms with van der Waals surface area (Å²) in [6.07, 6.45) is 4.90. The lowest BCUT2D eigenvalue weighted by Gasteiger charge is -2.32. The van der Waals surface area contributed by atoms with Crippen LogP contribution in [-0.2, 0) is 12.1 Å². The zero-order chi connectivity index (χ0) is 15.9. The van der Waals surface area contributed by atoms with E-state index in [9.17, 15) is 5.11 Å². The number of aliphatic hydroxyl groups is 1. The fraction of sp³-hybridized carbons (Fsp3) is 0.471. The SMILES string of the molecule is N#CCC1(Cn2cc(C3(O)CCOc4ccccc43)nn2)CC1. The van der Waals surface area contributed by atoms with E-state index < -0.39 is 5.60 Å². The summed E-state index contributed by atoms with van der Waals surface area (Å²) in [5.41, 5.74) is 0.159. The molecule has 1 fully saturated rings. The Kier molecular flexibility index (Phi) is 3.13. The van der Waals surface area contributed by atoms with Crippen molar-refractivity contribution in [3.63, 3.8) is 0 Å². The van der Waals surface area contributed by atoms with E-state index in [1.54, 1.807) is 10.9 Å². The van der Waals surface area contributed by atoms with Gasteiger partial charge in [0.2, 0.25) is 0 Å². The molecule has 23 heavy (non-hydrogen) atoms. The minimum Gasteiger partial charge on any atom is -0.493 e. The molecule has 2 aliphatic rings. The second-order valence-corrected chi connectivity index (χ2v) is 6.59. The summed E-state index contributed by atoms with van der Waals surface area (Å²) >= 11 is 0. The molecule has 6 heteroatoms. The summed E-state index contributed by atoms with van der Waals surface area (Å²) < 4.78 is 7.38. The largest absolute Gasteiger partial charge is 0.493 e. The monoisotopic (exact) mass is 310 g/mol. The maximum atomic E-state index is 11.2. The molecule has 1 aliphatic heterocycles. The fourth-order valence-electron chi connectivity index (χ4n) is 3.29. The van der Waals surface area contributed by atoms with Crippen molar-refractivity contribution in [2.45, 2.75) is 37.8 Å². The number of aromatic nitrogens is 3. The molecule has 1 atom stereocenters. The number of benzene rings is 1. The Labute approximate surface area is 134 Å². The molecule has 0 amide bonds. The van der Waals surface area contributed by atoms with Crippen LogP contribution >= 0.6 is 0 Å². The van der Waals surface area contributed by atoms with E-state index >= 15 is 0 Å². The molecular formula is C17H18N4O2. The molecule has 118 valence electrons. The van der Waals surface area contributed by atoms with Gasteiger partial charge in [-0.1, -0.05) is 23.4 Å². The molecule has 1 aromatic carbocycles. The Hall–Kier alpha value is -2.39. The lowest BCUT2D eigenvalue weighted by Crippen LogP contribution is -2.34. The molecule has 0 saturated heterocycles. The molecule has 1 aromatic heterocycles. The maximum absolute atomic E-state index is 11.2. The van der Waals surface area contributed by atoms with Crippen molar-refractivity contribution in [2.24, 2.45) is 5.41 Å². The molecule has 1 unspecified atom stereocenters. The summed E-state index contributed by atoms with van der Waals surface area (Å²) in [5, 5.41) is 28.5. The third-order valence-corrected chi connectivity index (χ3v) is 4.93. The van der Waals surface area contributed by atoms with Crippen LogP contribution in [0.1, 0.15) is 36.9 Å². The average Bonchev–Trinajstić information content (AvgIpc) is 3.14. The highest BCUT2D eigenvalue weighted by Gasteiger charge is 2.44. The minimum atomic E-state index is -1.17. The van der Waals surface area contributed by atoms with Crippen molar-refractivity contribution in [1.82, 2.24) is 15.0 Å². The highest BCUT2D eigenvalue weighted by molar-refractivity contribution is 5.43. The number of rotatable bonds is 4. The van der Waals surface area contributed by atoms with Crippen LogP contribution in [0.4, 0.5) is 0 Å². The molecule has 4 rings (SSSR count). The fourth-order valence-corrected chi connectivity index (χ4v) is 3.29. The first-order valence-corrected chi connectivity index (χ1v) is 7.88. The maximum Gasteiger partial charge on any atom is 0.142 e. The molecule has 0 spiro atoms. The second-order valence-electron chi connectivity index (χ2n) is 6.59. The quantitative estimate of drug-likeness (QED) is 0.933. The van der Waals surface area contributed by atoms with Crippen LogP contribution in [0.15, 0.2) is 30.5 Å². The Morgan fingerprint density at radius 3 is 2.91 bits per heavy atom. The molecule has 1 aliphatic carbocycles. The van der Waals surface area contributed by atoms with E-state index in [0.29, 0.717) is 37.4 Å². The zero-order valence-corrected chi connectivity index (χ0v) is 12.8. The van der Waals surface area contributed by atoms with Crippen molar-refractivity contribution in [3.05, 3.63) is 41.7 Å². The first-order chi connectivity index (χ1) is 11.2. The van der Waals surface area contributed by atoms with Crippen molar-refractivity contribution in [2.75, 3.05) is 6.61 Å². The standard InChI is InChI=1S/C17H18N4O2/c18-9-7-16(5-6-16)12-21-11-15(19-20-21)17(22)8-10-23-14-4-2-1-3-13(14)17/h1-4,11,22H,5-8,10,12H2. The summed E-state index contributed by atoms with van der Waals surface area (Å²) in [5.74, 6) is 0.693. The zero-order valence-electron chi connectivity index (χ0n) is 12.8. The average molecular weight is 310 g/mol. The highest BCUT2D eigenvalue weighted by atomic mass is 16.5. The first kappa shape index (κ1) is 14.2. The van der Waals surface area contributed by atoms with E-state index in [1.165, 1.54) is 0 Å². The van der Waals surface area contributed by atoms with E-state index in [2.05, 4.69) is 16.4 Å². The molecule has 1 N–H and O–H groups in total. The van der Waals surface area contributed by atoms with Gasteiger partial charge in [0.05, 0.1) is 18.9 Å². The number of ether oxygens (including phenoxy) is 1. The predicted octanol–water partition coefficient (Wildman–Crippen LogP) is 1.99. The molecule has 2 aromatic rings. The summed E-state index contributed by atoms with van der Waals surface area (Å²) in [6.45, 7) is 1.13. The smallest absolute Gasteiger partial charge is 0.142 e. The van der Waals surface area contributed by atoms with Crippen LogP contribution in [0.25, 0.3) is 0 Å². The topological polar surface area (TPSA) is 84.0 Å². The van der Waals surface area contributed by atoms with E-state index in [1.807, 2.05) is 24.3 Å². The van der Waals surface area contributed by atoms with Crippen LogP contribution in [0.3, 0.4) is 0 Å². The molecule has 0 bridgehead atoms. The van der Waals surface area contributed by atoms with Crippen molar-refractivity contribution in [1.29, 1.82) is 5.26 Å². The van der Waals surface area contributed by atoms with Gasteiger partial charge in [0.15, 0.2) is 0 Å². The first-order valence-electron chi connectivity index (χ1n) is 7.88. The Bertz CT molecular complexity index is 775. The van der Waals surface area contributed by atoms with Gasteiger partial charge >= 0.3 is 0 Å². The number of nitriles is 1. The highest BCUT2D eigenvalue weighted by Crippen LogP contribution is 2.50. The van der Waals surface area contributed by atoms with E-state index in [4.69, 9.17) is 10.00 Å². The number of fused-ring (bicyclic) bond motifs is 1. The third kappa shape index (κ3) is 2.37. The number of hydrogen-bond donors (Lipinski definition) is 1. The summed E-state index contributed by atoms with van der Waals surface area (Å²) in [4.78, 5) is 0. The minimum absolute atomic E-state index is 0.0515. The Morgan fingerprint density at radius 2 is 2.13 bits per heavy atom. The summed E-state index contributed by atoms with van der Waals surface area (Å²) in [7, 11) is 0. The van der Waals surface area contributed by atoms with E-state index in [0.717, 1.165) is 18.4 Å². The van der Waals surface area contributed by atoms with Crippen LogP contribution < -0.4 is 4.74 Å². The molecule has 6 nitrogen and oxygen atoms in total. The number of nitrogens with zero attached hydrogens (tertiary/aromatic N) is 4. The molecule has 1 saturated carbocycles. The molecule has 2 heterocycles. The van der Waals surface area contributed by atoms with Crippen LogP contribution in [0.2, 0.25) is 0 Å². The van der Waals surface area contributed by atoms with Crippen molar-refractivity contribution >= 4 is 0 Å². The normalized spacial score (nSPS) is 24.3. The van der Waals surface area contributed by atoms with Gasteiger partial charge in [-0.25, -0.2) is 0 Å². The predicted molar refractivity (Wildman–Crippen MR) is 81.5 cm³/mol. The summed E-state index contributed by atoms with van der Waals surface area (Å²) in [6, 6.07) is 9.75. The van der Waals surface area contributed by atoms with Crippen molar-refractivity contribution < 1.29 is 9.84 Å². The van der Waals surface area contributed by atoms with Crippen LogP contribution in [0, 0.1) is 16.7 Å². The van der Waals surface area contributed by atoms with Gasteiger partial charge in [-0.05, 0) is 18.9 Å². The second kappa shape index (κ2) is 5.07. The lowest BCUT2D eigenvalue weighted by molar-refractivity contribution is 0.0310. The number of para-hydroxylation sites is 1. The lowest BCUT2D eigenvalue weighted by atomic mass is 9.85. The van der Waals surface area contributed by atoms with Gasteiger partial charge in [-0.3, -0.25) is 4.68 Å². The van der Waals surface area contributed by atoms with Crippen LogP contribution in [-0.4, -0.2) is 26.7 Å². The van der Waals surface area contributed by atoms with E-state index in [-0.39, 0.29) is 5.41 Å². The molecule has 0 radical (unpaired) electrons. The van der Waals surface area contributed by atoms with Crippen LogP contribution in [0.5, 0.6) is 5.75 Å². The van der Waals surface area contributed by atoms with Gasteiger partial charge in [-0.2, -0.15) is 5.26 Å². The van der Waals surface area contributed by atoms with Gasteiger partial charge in [0.25, 0.3) is 0 Å². The van der Waals surface area contributed by atoms with Gasteiger partial charge in [0, 0.05) is 30.4 Å². The molecular weight excluding hydrogens is 292 g/mol. The Balaban J connectivity index is 1.63. The number of hydrogen-bond acceptors (Lipinski definition) is 5. The third-order valence-electron chi connectivity index (χ3n) is 4.93. The van der Waals surface area contributed by atoms with Crippen molar-refractivity contribution in [3.8, 4) is 11.8 Å². The Morgan fingerprint density at radius 1 is 1.30 bits per heavy atom.